The molecule has 90 valence electrons. The number of ether oxygens (including phenoxy) is 1. The molecule has 0 spiro atoms. The lowest BCUT2D eigenvalue weighted by atomic mass is 10.2. The first-order chi connectivity index (χ1) is 7.25. The largest absolute Gasteiger partial charge is 0.372 e. The van der Waals surface area contributed by atoms with E-state index in [1.807, 2.05) is 0 Å². The fourth-order valence-electron chi connectivity index (χ4n) is 1.62. The van der Waals surface area contributed by atoms with E-state index >= 15 is 0 Å². The van der Waals surface area contributed by atoms with Crippen LogP contribution in [0.15, 0.2) is 18.2 Å². The number of rotatable bonds is 3. The van der Waals surface area contributed by atoms with Crippen molar-refractivity contribution in [2.75, 3.05) is 13.1 Å². The molecule has 1 heterocycles. The predicted octanol–water partition coefficient (Wildman–Crippen LogP) is 2.27. The summed E-state index contributed by atoms with van der Waals surface area (Å²) in [6, 6.07) is 3.55. The summed E-state index contributed by atoms with van der Waals surface area (Å²) in [5, 5.41) is 3.15. The second-order valence-electron chi connectivity index (χ2n) is 3.66. The van der Waals surface area contributed by atoms with Crippen LogP contribution in [0.1, 0.15) is 12.0 Å². The molecule has 1 aromatic carbocycles. The molecule has 1 fully saturated rings. The van der Waals surface area contributed by atoms with Crippen LogP contribution in [-0.2, 0) is 11.3 Å². The first-order valence-electron chi connectivity index (χ1n) is 5.02. The van der Waals surface area contributed by atoms with Crippen molar-refractivity contribution in [3.05, 3.63) is 35.4 Å². The van der Waals surface area contributed by atoms with Crippen molar-refractivity contribution in [2.24, 2.45) is 0 Å². The first-order valence-corrected chi connectivity index (χ1v) is 5.02. The summed E-state index contributed by atoms with van der Waals surface area (Å²) in [4.78, 5) is 0. The molecule has 0 aliphatic carbocycles. The molecule has 0 bridgehead atoms. The van der Waals surface area contributed by atoms with Crippen LogP contribution in [-0.4, -0.2) is 19.2 Å². The molecule has 5 heteroatoms. The van der Waals surface area contributed by atoms with E-state index in [0.717, 1.165) is 25.6 Å². The Kier molecular flexibility index (Phi) is 5.12. The van der Waals surface area contributed by atoms with Crippen molar-refractivity contribution in [3.63, 3.8) is 0 Å². The number of hydrogen-bond donors (Lipinski definition) is 1. The number of benzene rings is 1. The van der Waals surface area contributed by atoms with E-state index in [-0.39, 0.29) is 25.1 Å². The Labute approximate surface area is 99.4 Å². The zero-order valence-electron chi connectivity index (χ0n) is 8.71. The van der Waals surface area contributed by atoms with Crippen LogP contribution >= 0.6 is 12.4 Å². The van der Waals surface area contributed by atoms with Crippen LogP contribution in [0.3, 0.4) is 0 Å². The SMILES string of the molecule is Cl.Fc1ccc(COC2CCNC2)c(F)c1. The van der Waals surface area contributed by atoms with Gasteiger partial charge in [0.2, 0.25) is 0 Å². The summed E-state index contributed by atoms with van der Waals surface area (Å²) in [5.74, 6) is -1.10. The number of nitrogens with one attached hydrogen (secondary N) is 1. The minimum atomic E-state index is -0.557. The summed E-state index contributed by atoms with van der Waals surface area (Å²) in [5.41, 5.74) is 0.406. The molecule has 16 heavy (non-hydrogen) atoms. The molecule has 0 amide bonds. The molecule has 0 radical (unpaired) electrons. The van der Waals surface area contributed by atoms with Crippen LogP contribution in [0.25, 0.3) is 0 Å². The molecule has 1 aliphatic rings. The van der Waals surface area contributed by atoms with E-state index in [2.05, 4.69) is 5.32 Å². The van der Waals surface area contributed by atoms with Gasteiger partial charge in [0.15, 0.2) is 0 Å². The van der Waals surface area contributed by atoms with E-state index in [4.69, 9.17) is 4.74 Å². The Hall–Kier alpha value is -0.710. The van der Waals surface area contributed by atoms with Crippen molar-refractivity contribution >= 4 is 12.4 Å². The zero-order valence-corrected chi connectivity index (χ0v) is 9.53. The highest BCUT2D eigenvalue weighted by Crippen LogP contribution is 2.13. The molecule has 0 saturated carbocycles. The minimum Gasteiger partial charge on any atom is -0.372 e. The molecule has 1 atom stereocenters. The average molecular weight is 250 g/mol. The van der Waals surface area contributed by atoms with Crippen molar-refractivity contribution in [1.82, 2.24) is 5.32 Å². The number of hydrogen-bond acceptors (Lipinski definition) is 2. The summed E-state index contributed by atoms with van der Waals surface area (Å²) < 4.78 is 31.3. The van der Waals surface area contributed by atoms with Gasteiger partial charge in [0, 0.05) is 18.2 Å². The van der Waals surface area contributed by atoms with E-state index in [1.165, 1.54) is 12.1 Å². The van der Waals surface area contributed by atoms with Gasteiger partial charge in [0.1, 0.15) is 11.6 Å². The van der Waals surface area contributed by atoms with Crippen molar-refractivity contribution < 1.29 is 13.5 Å². The predicted molar refractivity (Wildman–Crippen MR) is 59.7 cm³/mol. The van der Waals surface area contributed by atoms with Gasteiger partial charge in [-0.15, -0.1) is 12.4 Å². The van der Waals surface area contributed by atoms with E-state index in [9.17, 15) is 8.78 Å². The van der Waals surface area contributed by atoms with Gasteiger partial charge >= 0.3 is 0 Å². The monoisotopic (exact) mass is 249 g/mol. The van der Waals surface area contributed by atoms with Gasteiger partial charge in [-0.1, -0.05) is 6.07 Å². The Bertz CT molecular complexity index is 343. The topological polar surface area (TPSA) is 21.3 Å². The van der Waals surface area contributed by atoms with Gasteiger partial charge in [-0.2, -0.15) is 0 Å². The Morgan fingerprint density at radius 3 is 2.81 bits per heavy atom. The van der Waals surface area contributed by atoms with Crippen molar-refractivity contribution in [3.8, 4) is 0 Å². The molecule has 1 saturated heterocycles. The Morgan fingerprint density at radius 2 is 2.19 bits per heavy atom. The van der Waals surface area contributed by atoms with Crippen molar-refractivity contribution in [1.29, 1.82) is 0 Å². The average Bonchev–Trinajstić information content (AvgIpc) is 2.69. The quantitative estimate of drug-likeness (QED) is 0.887. The zero-order chi connectivity index (χ0) is 10.7. The molecule has 2 nitrogen and oxygen atoms in total. The maximum absolute atomic E-state index is 13.2. The molecular formula is C11H14ClF2NO. The van der Waals surface area contributed by atoms with E-state index < -0.39 is 11.6 Å². The van der Waals surface area contributed by atoms with Crippen LogP contribution in [0.4, 0.5) is 8.78 Å². The second kappa shape index (κ2) is 6.13. The highest BCUT2D eigenvalue weighted by molar-refractivity contribution is 5.85. The molecule has 0 aromatic heterocycles. The Balaban J connectivity index is 0.00000128. The highest BCUT2D eigenvalue weighted by Gasteiger charge is 2.15. The normalized spacial score (nSPS) is 19.5. The maximum Gasteiger partial charge on any atom is 0.131 e. The summed E-state index contributed by atoms with van der Waals surface area (Å²) in [7, 11) is 0. The lowest BCUT2D eigenvalue weighted by Gasteiger charge is -2.10. The van der Waals surface area contributed by atoms with Gasteiger partial charge in [-0.25, -0.2) is 8.78 Å². The van der Waals surface area contributed by atoms with Gasteiger partial charge in [-0.05, 0) is 19.0 Å². The first kappa shape index (κ1) is 13.4. The smallest absolute Gasteiger partial charge is 0.131 e. The van der Waals surface area contributed by atoms with Gasteiger partial charge < -0.3 is 10.1 Å². The standard InChI is InChI=1S/C11H13F2NO.ClH/c12-9-2-1-8(11(13)5-9)7-15-10-3-4-14-6-10;/h1-2,5,10,14H,3-4,6-7H2;1H. The van der Waals surface area contributed by atoms with Crippen LogP contribution in [0.5, 0.6) is 0 Å². The van der Waals surface area contributed by atoms with Gasteiger partial charge in [-0.3, -0.25) is 0 Å². The lowest BCUT2D eigenvalue weighted by Crippen LogP contribution is -2.16. The third-order valence-corrected chi connectivity index (χ3v) is 2.50. The third-order valence-electron chi connectivity index (χ3n) is 2.50. The molecule has 1 N–H and O–H groups in total. The summed E-state index contributed by atoms with van der Waals surface area (Å²) in [6.45, 7) is 1.96. The van der Waals surface area contributed by atoms with Gasteiger partial charge in [0.05, 0.1) is 12.7 Å². The third kappa shape index (κ3) is 3.40. The molecule has 1 aliphatic heterocycles. The highest BCUT2D eigenvalue weighted by atomic mass is 35.5. The molecular weight excluding hydrogens is 236 g/mol. The summed E-state index contributed by atoms with van der Waals surface area (Å²) >= 11 is 0. The fourth-order valence-corrected chi connectivity index (χ4v) is 1.62. The maximum atomic E-state index is 13.2. The second-order valence-corrected chi connectivity index (χ2v) is 3.66. The van der Waals surface area contributed by atoms with Gasteiger partial charge in [0.25, 0.3) is 0 Å². The minimum absolute atomic E-state index is 0. The molecule has 2 rings (SSSR count). The van der Waals surface area contributed by atoms with E-state index in [0.29, 0.717) is 5.56 Å². The van der Waals surface area contributed by atoms with E-state index in [1.54, 1.807) is 0 Å². The molecule has 1 unspecified atom stereocenters. The summed E-state index contributed by atoms with van der Waals surface area (Å²) in [6.07, 6.45) is 1.09. The van der Waals surface area contributed by atoms with Crippen molar-refractivity contribution in [2.45, 2.75) is 19.1 Å². The Morgan fingerprint density at radius 1 is 1.38 bits per heavy atom. The van der Waals surface area contributed by atoms with Crippen LogP contribution in [0.2, 0.25) is 0 Å². The van der Waals surface area contributed by atoms with Crippen LogP contribution in [0, 0.1) is 11.6 Å². The lowest BCUT2D eigenvalue weighted by molar-refractivity contribution is 0.0525. The molecule has 1 aromatic rings. The number of halogens is 3. The van der Waals surface area contributed by atoms with Crippen LogP contribution < -0.4 is 5.32 Å². The fraction of sp³-hybridized carbons (Fsp3) is 0.455.